The van der Waals surface area contributed by atoms with Gasteiger partial charge in [0.15, 0.2) is 0 Å². The van der Waals surface area contributed by atoms with Crippen LogP contribution in [0.3, 0.4) is 0 Å². The SMILES string of the molecule is C#CCO[C@H]1C[C@H](n2cc(C)c(=O)[nH]c2=O)O[C@@H]1COS(=O)(=O)c1ccc(C)cc1. The molecule has 0 bridgehead atoms. The van der Waals surface area contributed by atoms with E-state index in [9.17, 15) is 18.0 Å². The van der Waals surface area contributed by atoms with Gasteiger partial charge in [0, 0.05) is 18.2 Å². The molecule has 3 atom stereocenters. The standard InChI is InChI=1S/C20H22N2O7S/c1-4-9-27-16-10-18(22-11-14(3)19(23)21-20(22)24)29-17(16)12-28-30(25,26)15-7-5-13(2)6-8-15/h1,5-8,11,16-18H,9-10,12H2,2-3H3,(H,21,23,24)/t16-,17+,18+/m0/s1. The fraction of sp³-hybridized carbons (Fsp3) is 0.400. The molecule has 1 saturated heterocycles. The lowest BCUT2D eigenvalue weighted by Crippen LogP contribution is -2.33. The molecule has 1 aromatic carbocycles. The number of benzene rings is 1. The summed E-state index contributed by atoms with van der Waals surface area (Å²) in [6.45, 7) is 3.07. The van der Waals surface area contributed by atoms with Crippen molar-refractivity contribution < 1.29 is 22.1 Å². The number of nitrogens with one attached hydrogen (secondary N) is 1. The van der Waals surface area contributed by atoms with Crippen molar-refractivity contribution in [2.45, 2.75) is 43.6 Å². The third kappa shape index (κ3) is 4.88. The summed E-state index contributed by atoms with van der Waals surface area (Å²) < 4.78 is 42.8. The number of nitrogens with zero attached hydrogens (tertiary/aromatic N) is 1. The summed E-state index contributed by atoms with van der Waals surface area (Å²) in [7, 11) is -4.00. The van der Waals surface area contributed by atoms with E-state index in [0.29, 0.717) is 5.56 Å². The zero-order chi connectivity index (χ0) is 21.9. The molecule has 0 saturated carbocycles. The van der Waals surface area contributed by atoms with Crippen LogP contribution in [0.4, 0.5) is 0 Å². The number of hydrogen-bond donors (Lipinski definition) is 1. The zero-order valence-corrected chi connectivity index (χ0v) is 17.3. The molecular formula is C20H22N2O7S. The van der Waals surface area contributed by atoms with Crippen molar-refractivity contribution >= 4 is 10.1 Å². The van der Waals surface area contributed by atoms with Crippen LogP contribution in [0.1, 0.15) is 23.8 Å². The van der Waals surface area contributed by atoms with Gasteiger partial charge in [-0.25, -0.2) is 4.79 Å². The molecule has 0 aliphatic carbocycles. The van der Waals surface area contributed by atoms with Gasteiger partial charge in [-0.1, -0.05) is 23.6 Å². The monoisotopic (exact) mass is 434 g/mol. The molecule has 10 heteroatoms. The van der Waals surface area contributed by atoms with Gasteiger partial charge in [0.1, 0.15) is 18.9 Å². The van der Waals surface area contributed by atoms with Gasteiger partial charge in [-0.3, -0.25) is 18.5 Å². The summed E-state index contributed by atoms with van der Waals surface area (Å²) in [5.74, 6) is 2.35. The minimum absolute atomic E-state index is 0.0124. The molecule has 1 aromatic heterocycles. The molecule has 1 fully saturated rings. The van der Waals surface area contributed by atoms with E-state index < -0.39 is 39.8 Å². The maximum absolute atomic E-state index is 12.5. The zero-order valence-electron chi connectivity index (χ0n) is 16.5. The van der Waals surface area contributed by atoms with E-state index in [1.807, 2.05) is 6.92 Å². The average molecular weight is 434 g/mol. The highest BCUT2D eigenvalue weighted by molar-refractivity contribution is 7.86. The normalized spacial score (nSPS) is 21.4. The van der Waals surface area contributed by atoms with Crippen LogP contribution in [0.2, 0.25) is 0 Å². The fourth-order valence-corrected chi connectivity index (χ4v) is 4.00. The lowest BCUT2D eigenvalue weighted by Gasteiger charge is -2.18. The molecule has 2 heterocycles. The topological polar surface area (TPSA) is 117 Å². The number of rotatable bonds is 7. The van der Waals surface area contributed by atoms with Gasteiger partial charge in [-0.05, 0) is 26.0 Å². The Hall–Kier alpha value is -2.71. The predicted molar refractivity (Wildman–Crippen MR) is 107 cm³/mol. The quantitative estimate of drug-likeness (QED) is 0.507. The van der Waals surface area contributed by atoms with Crippen LogP contribution in [0.25, 0.3) is 0 Å². The molecule has 0 amide bonds. The number of H-pyrrole nitrogens is 1. The highest BCUT2D eigenvalue weighted by atomic mass is 32.2. The summed E-state index contributed by atoms with van der Waals surface area (Å²) in [6, 6.07) is 6.25. The molecule has 1 aliphatic rings. The lowest BCUT2D eigenvalue weighted by atomic mass is 10.2. The molecule has 9 nitrogen and oxygen atoms in total. The summed E-state index contributed by atoms with van der Waals surface area (Å²) in [5.41, 5.74) is 0.125. The minimum atomic E-state index is -4.00. The Kier molecular flexibility index (Phi) is 6.58. The molecule has 1 aliphatic heterocycles. The Morgan fingerprint density at radius 1 is 1.27 bits per heavy atom. The second kappa shape index (κ2) is 8.97. The van der Waals surface area contributed by atoms with Crippen LogP contribution in [0, 0.1) is 26.2 Å². The Balaban J connectivity index is 1.78. The maximum atomic E-state index is 12.5. The number of aromatic nitrogens is 2. The second-order valence-electron chi connectivity index (χ2n) is 6.95. The first-order chi connectivity index (χ1) is 14.2. The van der Waals surface area contributed by atoms with Gasteiger partial charge in [-0.15, -0.1) is 6.42 Å². The molecule has 160 valence electrons. The molecule has 0 radical (unpaired) electrons. The van der Waals surface area contributed by atoms with Crippen molar-refractivity contribution in [1.29, 1.82) is 0 Å². The van der Waals surface area contributed by atoms with Gasteiger partial charge >= 0.3 is 5.69 Å². The summed E-state index contributed by atoms with van der Waals surface area (Å²) in [5, 5.41) is 0. The lowest BCUT2D eigenvalue weighted by molar-refractivity contribution is -0.0520. The largest absolute Gasteiger partial charge is 0.363 e. The minimum Gasteiger partial charge on any atom is -0.363 e. The predicted octanol–water partition coefficient (Wildman–Crippen LogP) is 0.865. The smallest absolute Gasteiger partial charge is 0.330 e. The number of hydrogen-bond acceptors (Lipinski definition) is 7. The highest BCUT2D eigenvalue weighted by Crippen LogP contribution is 2.30. The first-order valence-corrected chi connectivity index (χ1v) is 10.6. The van der Waals surface area contributed by atoms with Crippen LogP contribution in [0.15, 0.2) is 44.9 Å². The molecule has 1 N–H and O–H groups in total. The van der Waals surface area contributed by atoms with E-state index in [4.69, 9.17) is 20.1 Å². The van der Waals surface area contributed by atoms with Crippen molar-refractivity contribution in [3.8, 4) is 12.3 Å². The summed E-state index contributed by atoms with van der Waals surface area (Å²) >= 11 is 0. The second-order valence-corrected chi connectivity index (χ2v) is 8.56. The average Bonchev–Trinajstić information content (AvgIpc) is 3.11. The number of aryl methyl sites for hydroxylation is 2. The van der Waals surface area contributed by atoms with E-state index >= 15 is 0 Å². The number of aromatic amines is 1. The Bertz CT molecular complexity index is 1160. The van der Waals surface area contributed by atoms with Gasteiger partial charge in [0.25, 0.3) is 15.7 Å². The van der Waals surface area contributed by atoms with Gasteiger partial charge in [-0.2, -0.15) is 8.42 Å². The van der Waals surface area contributed by atoms with Crippen LogP contribution < -0.4 is 11.2 Å². The van der Waals surface area contributed by atoms with E-state index in [1.54, 1.807) is 19.1 Å². The Labute approximate surface area is 173 Å². The van der Waals surface area contributed by atoms with Crippen LogP contribution >= 0.6 is 0 Å². The van der Waals surface area contributed by atoms with Crippen molar-refractivity contribution in [2.75, 3.05) is 13.2 Å². The summed E-state index contributed by atoms with van der Waals surface area (Å²) in [6.07, 6.45) is 4.71. The number of terminal acetylenes is 1. The fourth-order valence-electron chi connectivity index (χ4n) is 3.08. The van der Waals surface area contributed by atoms with Crippen LogP contribution in [-0.2, 0) is 23.8 Å². The van der Waals surface area contributed by atoms with Crippen molar-refractivity contribution in [1.82, 2.24) is 9.55 Å². The van der Waals surface area contributed by atoms with Gasteiger partial charge in [0.05, 0.1) is 17.6 Å². The van der Waals surface area contributed by atoms with Crippen LogP contribution in [-0.4, -0.2) is 43.4 Å². The Morgan fingerprint density at radius 3 is 2.63 bits per heavy atom. The molecule has 2 aromatic rings. The molecule has 30 heavy (non-hydrogen) atoms. The van der Waals surface area contributed by atoms with E-state index in [2.05, 4.69) is 10.9 Å². The molecular weight excluding hydrogens is 412 g/mol. The molecule has 0 spiro atoms. The first-order valence-electron chi connectivity index (χ1n) is 9.20. The first kappa shape index (κ1) is 22.0. The van der Waals surface area contributed by atoms with Crippen LogP contribution in [0.5, 0.6) is 0 Å². The van der Waals surface area contributed by atoms with Crippen molar-refractivity contribution in [2.24, 2.45) is 0 Å². The molecule has 3 rings (SSSR count). The van der Waals surface area contributed by atoms with E-state index in [0.717, 1.165) is 5.56 Å². The highest BCUT2D eigenvalue weighted by Gasteiger charge is 2.38. The van der Waals surface area contributed by atoms with E-state index in [1.165, 1.54) is 22.9 Å². The Morgan fingerprint density at radius 2 is 1.97 bits per heavy atom. The maximum Gasteiger partial charge on any atom is 0.330 e. The van der Waals surface area contributed by atoms with Crippen molar-refractivity contribution in [3.05, 3.63) is 62.4 Å². The van der Waals surface area contributed by atoms with E-state index in [-0.39, 0.29) is 24.5 Å². The molecule has 0 unspecified atom stereocenters. The van der Waals surface area contributed by atoms with Gasteiger partial charge in [0.2, 0.25) is 0 Å². The van der Waals surface area contributed by atoms with Crippen molar-refractivity contribution in [3.63, 3.8) is 0 Å². The van der Waals surface area contributed by atoms with Gasteiger partial charge < -0.3 is 9.47 Å². The summed E-state index contributed by atoms with van der Waals surface area (Å²) in [4.78, 5) is 26.0. The number of ether oxygens (including phenoxy) is 2. The third-order valence-corrected chi connectivity index (χ3v) is 6.01. The third-order valence-electron chi connectivity index (χ3n) is 4.71.